The number of rotatable bonds is 2. The van der Waals surface area contributed by atoms with Crippen LogP contribution in [0.2, 0.25) is 0 Å². The fraction of sp³-hybridized carbons (Fsp3) is 0.360. The summed E-state index contributed by atoms with van der Waals surface area (Å²) in [6, 6.07) is 12.6. The molecule has 32 heavy (non-hydrogen) atoms. The molecule has 0 amide bonds. The van der Waals surface area contributed by atoms with Crippen molar-refractivity contribution in [3.8, 4) is 17.2 Å². The van der Waals surface area contributed by atoms with E-state index in [1.165, 1.54) is 18.9 Å². The second kappa shape index (κ2) is 6.26. The standard InChI is InChI=1S/C25H25FN6/c1-14-29-30(4)24-25(2,3)28-22-20(26)12-18(19(13-27)23(22)32(14)24)16-6-5-7-21-17(16)10-11-31(21)15-8-9-15/h5-7,10-12,15,24,28H,8-9H2,1-4H3. The number of nitrogens with one attached hydrogen (secondary N) is 1. The minimum atomic E-state index is -0.473. The van der Waals surface area contributed by atoms with Crippen molar-refractivity contribution < 1.29 is 4.39 Å². The molecule has 6 nitrogen and oxygen atoms in total. The summed E-state index contributed by atoms with van der Waals surface area (Å²) in [6.45, 7) is 5.96. The normalized spacial score (nSPS) is 21.1. The number of hydrogen-bond donors (Lipinski definition) is 1. The first kappa shape index (κ1) is 19.2. The Morgan fingerprint density at radius 2 is 2.00 bits per heavy atom. The van der Waals surface area contributed by atoms with Crippen molar-refractivity contribution >= 4 is 28.1 Å². The van der Waals surface area contributed by atoms with Crippen molar-refractivity contribution in [1.82, 2.24) is 9.58 Å². The van der Waals surface area contributed by atoms with E-state index in [4.69, 9.17) is 0 Å². The molecule has 2 aliphatic heterocycles. The molecule has 0 spiro atoms. The summed E-state index contributed by atoms with van der Waals surface area (Å²) < 4.78 is 17.9. The monoisotopic (exact) mass is 428 g/mol. The number of hydrogen-bond acceptors (Lipinski definition) is 5. The van der Waals surface area contributed by atoms with E-state index in [-0.39, 0.29) is 12.0 Å². The number of fused-ring (bicyclic) bond motifs is 4. The van der Waals surface area contributed by atoms with Gasteiger partial charge >= 0.3 is 0 Å². The van der Waals surface area contributed by atoms with Crippen LogP contribution in [0.4, 0.5) is 15.8 Å². The molecule has 7 heteroatoms. The van der Waals surface area contributed by atoms with Crippen molar-refractivity contribution in [3.05, 3.63) is 47.9 Å². The summed E-state index contributed by atoms with van der Waals surface area (Å²) in [6.07, 6.45) is 4.33. The van der Waals surface area contributed by atoms with Gasteiger partial charge in [-0.25, -0.2) is 4.39 Å². The van der Waals surface area contributed by atoms with Crippen molar-refractivity contribution in [1.29, 1.82) is 5.26 Å². The van der Waals surface area contributed by atoms with Gasteiger partial charge in [0.05, 0.1) is 22.5 Å². The first-order valence-corrected chi connectivity index (χ1v) is 11.0. The molecule has 1 fully saturated rings. The third-order valence-electron chi connectivity index (χ3n) is 6.94. The van der Waals surface area contributed by atoms with Crippen LogP contribution in [-0.2, 0) is 0 Å². The quantitative estimate of drug-likeness (QED) is 0.604. The molecule has 0 bridgehead atoms. The Labute approximate surface area is 186 Å². The highest BCUT2D eigenvalue weighted by Crippen LogP contribution is 2.49. The highest BCUT2D eigenvalue weighted by molar-refractivity contribution is 6.07. The SMILES string of the molecule is CC1=NN(C)C2N1c1c(C#N)c(-c3cccc4c3ccn4C3CC3)cc(F)c1NC2(C)C. The van der Waals surface area contributed by atoms with Crippen molar-refractivity contribution in [2.75, 3.05) is 17.3 Å². The Kier molecular flexibility index (Phi) is 3.75. The third-order valence-corrected chi connectivity index (χ3v) is 6.94. The molecule has 1 N–H and O–H groups in total. The molecular weight excluding hydrogens is 403 g/mol. The van der Waals surface area contributed by atoms with Gasteiger partial charge in [0.2, 0.25) is 0 Å². The van der Waals surface area contributed by atoms with Crippen LogP contribution in [0.5, 0.6) is 0 Å². The minimum Gasteiger partial charge on any atom is -0.372 e. The van der Waals surface area contributed by atoms with E-state index < -0.39 is 5.54 Å². The summed E-state index contributed by atoms with van der Waals surface area (Å²) in [5.74, 6) is 0.390. The molecule has 1 aromatic heterocycles. The lowest BCUT2D eigenvalue weighted by Gasteiger charge is -2.47. The van der Waals surface area contributed by atoms with E-state index in [1.807, 2.05) is 49.9 Å². The maximum atomic E-state index is 15.6. The number of amidine groups is 1. The zero-order chi connectivity index (χ0) is 22.4. The molecular formula is C25H25FN6. The lowest BCUT2D eigenvalue weighted by Crippen LogP contribution is -2.61. The van der Waals surface area contributed by atoms with Gasteiger partial charge in [0.1, 0.15) is 23.9 Å². The Hall–Kier alpha value is -3.53. The van der Waals surface area contributed by atoms with Gasteiger partial charge in [-0.15, -0.1) is 0 Å². The van der Waals surface area contributed by atoms with E-state index in [0.29, 0.717) is 28.5 Å². The Morgan fingerprint density at radius 3 is 2.72 bits per heavy atom. The molecule has 1 unspecified atom stereocenters. The number of benzene rings is 2. The number of nitrogens with zero attached hydrogens (tertiary/aromatic N) is 5. The first-order chi connectivity index (χ1) is 15.3. The molecule has 1 atom stereocenters. The predicted octanol–water partition coefficient (Wildman–Crippen LogP) is 5.27. The smallest absolute Gasteiger partial charge is 0.149 e. The zero-order valence-corrected chi connectivity index (χ0v) is 18.6. The van der Waals surface area contributed by atoms with Crippen LogP contribution >= 0.6 is 0 Å². The Bertz CT molecular complexity index is 1360. The molecule has 3 heterocycles. The molecule has 3 aromatic rings. The summed E-state index contributed by atoms with van der Waals surface area (Å²) in [4.78, 5) is 2.01. The number of likely N-dealkylation sites (N-methyl/N-ethyl adjacent to an activating group) is 1. The van der Waals surface area contributed by atoms with Gasteiger partial charge in [0.25, 0.3) is 0 Å². The summed E-state index contributed by atoms with van der Waals surface area (Å²) in [5, 5.41) is 21.2. The highest BCUT2D eigenvalue weighted by atomic mass is 19.1. The van der Waals surface area contributed by atoms with Gasteiger partial charge in [0.15, 0.2) is 0 Å². The van der Waals surface area contributed by atoms with Crippen LogP contribution < -0.4 is 10.2 Å². The van der Waals surface area contributed by atoms with E-state index in [1.54, 1.807) is 0 Å². The molecule has 1 aliphatic carbocycles. The van der Waals surface area contributed by atoms with Gasteiger partial charge in [-0.2, -0.15) is 10.4 Å². The average molecular weight is 429 g/mol. The van der Waals surface area contributed by atoms with Gasteiger partial charge in [-0.05, 0) is 57.4 Å². The van der Waals surface area contributed by atoms with Gasteiger partial charge in [-0.3, -0.25) is 5.01 Å². The lowest BCUT2D eigenvalue weighted by atomic mass is 9.89. The largest absolute Gasteiger partial charge is 0.372 e. The van der Waals surface area contributed by atoms with Gasteiger partial charge < -0.3 is 14.8 Å². The van der Waals surface area contributed by atoms with E-state index in [0.717, 1.165) is 22.3 Å². The summed E-state index contributed by atoms with van der Waals surface area (Å²) >= 11 is 0. The predicted molar refractivity (Wildman–Crippen MR) is 125 cm³/mol. The fourth-order valence-electron chi connectivity index (χ4n) is 5.55. The van der Waals surface area contributed by atoms with Crippen molar-refractivity contribution in [3.63, 3.8) is 0 Å². The van der Waals surface area contributed by atoms with Crippen LogP contribution in [0.3, 0.4) is 0 Å². The van der Waals surface area contributed by atoms with E-state index >= 15 is 4.39 Å². The molecule has 1 saturated carbocycles. The van der Waals surface area contributed by atoms with Crippen LogP contribution in [0.15, 0.2) is 41.6 Å². The topological polar surface area (TPSA) is 59.6 Å². The molecule has 6 rings (SSSR count). The minimum absolute atomic E-state index is 0.163. The maximum absolute atomic E-state index is 15.6. The highest BCUT2D eigenvalue weighted by Gasteiger charge is 2.49. The van der Waals surface area contributed by atoms with E-state index in [2.05, 4.69) is 39.4 Å². The lowest BCUT2D eigenvalue weighted by molar-refractivity contribution is 0.210. The number of nitriles is 1. The molecule has 0 radical (unpaired) electrons. The van der Waals surface area contributed by atoms with Gasteiger partial charge in [-0.1, -0.05) is 12.1 Å². The van der Waals surface area contributed by atoms with Crippen LogP contribution in [-0.4, -0.2) is 34.2 Å². The maximum Gasteiger partial charge on any atom is 0.149 e. The van der Waals surface area contributed by atoms with Crippen LogP contribution in [0, 0.1) is 17.1 Å². The number of halogens is 1. The number of aromatic nitrogens is 1. The second-order valence-corrected chi connectivity index (χ2v) is 9.62. The first-order valence-electron chi connectivity index (χ1n) is 11.0. The molecule has 3 aliphatic rings. The molecule has 2 aromatic carbocycles. The van der Waals surface area contributed by atoms with E-state index in [9.17, 15) is 5.26 Å². The van der Waals surface area contributed by atoms with Gasteiger partial charge in [0, 0.05) is 35.8 Å². The number of hydrazone groups is 1. The Balaban J connectivity index is 1.63. The van der Waals surface area contributed by atoms with Crippen molar-refractivity contribution in [2.24, 2.45) is 5.10 Å². The van der Waals surface area contributed by atoms with Crippen molar-refractivity contribution in [2.45, 2.75) is 51.4 Å². The van der Waals surface area contributed by atoms with Crippen LogP contribution in [0.1, 0.15) is 45.2 Å². The second-order valence-electron chi connectivity index (χ2n) is 9.62. The summed E-state index contributed by atoms with van der Waals surface area (Å²) in [5.41, 5.74) is 3.54. The zero-order valence-electron chi connectivity index (χ0n) is 18.6. The molecule has 0 saturated heterocycles. The summed E-state index contributed by atoms with van der Waals surface area (Å²) in [7, 11) is 1.91. The Morgan fingerprint density at radius 1 is 1.22 bits per heavy atom. The average Bonchev–Trinajstić information content (AvgIpc) is 3.42. The van der Waals surface area contributed by atoms with Crippen LogP contribution in [0.25, 0.3) is 22.0 Å². The molecule has 162 valence electrons. The third kappa shape index (κ3) is 2.46. The number of anilines is 2. The fourth-order valence-corrected chi connectivity index (χ4v) is 5.55.